The first-order chi connectivity index (χ1) is 59.5. The molecule has 0 spiro atoms. The van der Waals surface area contributed by atoms with Gasteiger partial charge < -0.3 is 102 Å². The van der Waals surface area contributed by atoms with Crippen LogP contribution in [0.5, 0.6) is 34.5 Å². The molecule has 0 saturated heterocycles. The number of rotatable bonds is 27. The molecule has 16 N–H and O–H groups in total. The number of nitrogens with two attached hydrogens (primary N) is 4. The smallest absolute Gasteiger partial charge is 0.349 e. The van der Waals surface area contributed by atoms with E-state index in [0.717, 1.165) is 49.1 Å². The molecule has 4 amide bonds. The van der Waals surface area contributed by atoms with E-state index in [1.165, 1.54) is 96.7 Å². The molecule has 2 aliphatic heterocycles. The van der Waals surface area contributed by atoms with Crippen molar-refractivity contribution in [3.05, 3.63) is 198 Å². The summed E-state index contributed by atoms with van der Waals surface area (Å²) < 4.78 is 110. The zero-order chi connectivity index (χ0) is 98.3. The first kappa shape index (κ1) is 134. The molecule has 0 bridgehead atoms. The number of cyclic esters (lactones) is 2. The Hall–Kier alpha value is -14.0. The number of carboxylic acid groups (broad SMARTS) is 6. The van der Waals surface area contributed by atoms with E-state index in [9.17, 15) is 103 Å². The zero-order valence-electron chi connectivity index (χ0n) is 72.0. The SMILES string of the molecule is C.C.C.C.C.C.CC(=O)Nc1cccc2c1C(=O)OC2=O.CC(=O)O.CC(=O)OC(C)=O.CCN.CCOc1c(OC)ccc(C(N)CS(C)(=O)=O)c1C(=O)O.CCOc1cc([C@@H](CS(C)(=O)=O)N2C(=O)c3cccc(NC(C)=O)c3C2=O)ccc1OC.CCOc1cc([C@H](N)CS(C)(=O)=O)ccc1OC.Nc1cccc(C(=O)O)c1C(=O)O.O=C(O)c1cccc([N+](=O)[O-])c1C(=O)O.[V]. The van der Waals surface area contributed by atoms with Crippen LogP contribution in [0.15, 0.2) is 121 Å². The fourth-order valence-electron chi connectivity index (χ4n) is 11.0. The van der Waals surface area contributed by atoms with E-state index in [1.807, 2.05) is 13.8 Å². The van der Waals surface area contributed by atoms with Gasteiger partial charge in [-0.05, 0) is 117 Å². The molecule has 2 heterocycles. The summed E-state index contributed by atoms with van der Waals surface area (Å²) in [5.74, 6) is -11.1. The van der Waals surface area contributed by atoms with Crippen LogP contribution in [-0.2, 0) is 81.5 Å². The van der Waals surface area contributed by atoms with E-state index in [-0.39, 0.29) is 155 Å². The number of hydrogen-bond acceptors (Lipinski definition) is 34. The molecule has 7 aromatic carbocycles. The molecule has 1 radical (unpaired) electrons. The van der Waals surface area contributed by atoms with Gasteiger partial charge in [0.1, 0.15) is 35.1 Å². The number of benzene rings is 7. The minimum atomic E-state index is -3.60. The Bertz CT molecular complexity index is 5590. The van der Waals surface area contributed by atoms with E-state index in [1.54, 1.807) is 75.6 Å². The van der Waals surface area contributed by atoms with Crippen LogP contribution < -0.4 is 62.0 Å². The number of aliphatic carboxylic acids is 1. The second-order valence-electron chi connectivity index (χ2n) is 25.9. The molecule has 0 aliphatic carbocycles. The fraction of sp³-hybridized carbons (Fsp3) is 0.356. The molecule has 2 aliphatic rings. The van der Waals surface area contributed by atoms with Gasteiger partial charge in [0.25, 0.3) is 23.5 Å². The van der Waals surface area contributed by atoms with Crippen molar-refractivity contribution in [1.82, 2.24) is 4.90 Å². The number of fused-ring (bicyclic) bond motifs is 2. The molecule has 0 aromatic heterocycles. The Morgan fingerprint density at radius 3 is 1.22 bits per heavy atom. The van der Waals surface area contributed by atoms with Crippen LogP contribution in [0.3, 0.4) is 0 Å². The molecular formula is C87H122N8O36S3V. The molecule has 0 saturated carbocycles. The van der Waals surface area contributed by atoms with E-state index < -0.39 is 153 Å². The van der Waals surface area contributed by atoms with E-state index in [0.29, 0.717) is 53.0 Å². The van der Waals surface area contributed by atoms with Gasteiger partial charge in [-0.1, -0.05) is 93.9 Å². The van der Waals surface area contributed by atoms with E-state index in [4.69, 9.17) is 81.7 Å². The number of nitro groups is 1. The number of nitrogens with zero attached hydrogens (tertiary/aromatic N) is 2. The molecule has 749 valence electrons. The van der Waals surface area contributed by atoms with Gasteiger partial charge in [-0.2, -0.15) is 0 Å². The first-order valence-electron chi connectivity index (χ1n) is 36.9. The van der Waals surface area contributed by atoms with Crippen molar-refractivity contribution in [2.45, 2.75) is 125 Å². The third-order valence-electron chi connectivity index (χ3n) is 15.6. The molecule has 3 atom stereocenters. The number of anilines is 3. The molecule has 7 aromatic rings. The Kier molecular flexibility index (Phi) is 62.8. The molecule has 48 heteroatoms. The second-order valence-corrected chi connectivity index (χ2v) is 32.5. The number of hydrogen-bond donors (Lipinski definition) is 12. The summed E-state index contributed by atoms with van der Waals surface area (Å²) in [4.78, 5) is 164. The predicted octanol–water partition coefficient (Wildman–Crippen LogP) is 11.0. The third-order valence-corrected chi connectivity index (χ3v) is 18.4. The van der Waals surface area contributed by atoms with Crippen molar-refractivity contribution < 1.29 is 184 Å². The van der Waals surface area contributed by atoms with Gasteiger partial charge >= 0.3 is 53.7 Å². The molecule has 135 heavy (non-hydrogen) atoms. The van der Waals surface area contributed by atoms with Gasteiger partial charge in [0.05, 0.1) is 120 Å². The standard InChI is InChI=1S/C22H24N2O7S.C13H19NO6S.C12H19NO4S.C10H7NO4.C8H5NO6.C8H7NO4.C4H6O3.C2H7N.C2H4O2.6CH4.V/c1-5-31-19-11-14(9-10-18(19)30-3)17(12-32(4,28)29)24-21(26)15-7-6-8-16(23-13(2)25)20(15)22(24)27;1-4-20-12-10(19-2)6-5-8(11(12)13(15)16)9(14)7-21(3,17)18;1-4-17-12-7-9(5-6-11(12)16-2)10(13)8-18(3,14)15;1-5(12)11-7-4-2-3-6-8(7)10(14)15-9(6)13;10-7(11)4-2-1-3-5(9(14)15)6(4)8(12)13;9-5-3-1-2-4(7(10)11)6(5)8(12)13;1-3(5)7-4(2)6;1-2-3;1-2(3)4;;;;;;;/h6-11,17H,5,12H2,1-4H3,(H,23,25);5-6,9H,4,7,14H2,1-3H3,(H,15,16);5-7,10H,4,8,13H2,1-3H3;2-4H,1H3,(H,11,12);1-3H,(H,10,11)(H,12,13);1-3H,9H2,(H,10,11)(H,12,13);1-2H3;2-3H2,1H3;1H3,(H,3,4);6*1H4;/t17-;;10-;;;;;;;;;;;;;/m1.1............./s1. The maximum atomic E-state index is 13.3. The number of carbonyl (C=O) groups excluding carboxylic acids is 8. The largest absolute Gasteiger partial charge is 0.493 e. The van der Waals surface area contributed by atoms with Gasteiger partial charge in [-0.15, -0.1) is 0 Å². The van der Waals surface area contributed by atoms with Gasteiger partial charge in [-0.3, -0.25) is 48.6 Å². The Labute approximate surface area is 795 Å². The number of sulfone groups is 3. The number of nitro benzene ring substituents is 1. The average molecular weight is 2000 g/mol. The van der Waals surface area contributed by atoms with Crippen LogP contribution in [0.1, 0.15) is 235 Å². The molecule has 0 fully saturated rings. The van der Waals surface area contributed by atoms with Crippen LogP contribution in [0.2, 0.25) is 0 Å². The van der Waals surface area contributed by atoms with Crippen molar-refractivity contribution in [2.75, 3.05) is 100 Å². The summed E-state index contributed by atoms with van der Waals surface area (Å²) in [6.45, 7) is 15.1. The number of methoxy groups -OCH3 is 3. The summed E-state index contributed by atoms with van der Waals surface area (Å²) >= 11 is 0. The van der Waals surface area contributed by atoms with Crippen LogP contribution in [0.25, 0.3) is 0 Å². The summed E-state index contributed by atoms with van der Waals surface area (Å²) in [6.07, 6.45) is 3.24. The normalized spacial score (nSPS) is 11.3. The van der Waals surface area contributed by atoms with E-state index >= 15 is 0 Å². The summed E-state index contributed by atoms with van der Waals surface area (Å²) in [6, 6.07) is 26.4. The van der Waals surface area contributed by atoms with Crippen LogP contribution in [0, 0.1) is 10.1 Å². The van der Waals surface area contributed by atoms with Gasteiger partial charge in [0.2, 0.25) is 11.8 Å². The topological polar surface area (TPSA) is 711 Å². The Morgan fingerprint density at radius 2 is 0.852 bits per heavy atom. The fourth-order valence-corrected chi connectivity index (χ4v) is 13.5. The number of aromatic carboxylic acids is 5. The summed E-state index contributed by atoms with van der Waals surface area (Å²) in [7, 11) is -5.65. The minimum Gasteiger partial charge on any atom is -0.493 e. The summed E-state index contributed by atoms with van der Waals surface area (Å²) in [5.41, 5.74) is 21.1. The first-order valence-corrected chi connectivity index (χ1v) is 43.0. The molecular weight excluding hydrogens is 1880 g/mol. The number of nitrogen functional groups attached to an aromatic ring is 1. The molecule has 9 rings (SSSR count). The number of carboxylic acids is 6. The van der Waals surface area contributed by atoms with Crippen LogP contribution in [0.4, 0.5) is 22.7 Å². The van der Waals surface area contributed by atoms with Crippen molar-refractivity contribution in [3.63, 3.8) is 0 Å². The second kappa shape index (κ2) is 63.2. The average Bonchev–Trinajstić information content (AvgIpc) is 1.60. The monoisotopic (exact) mass is 2000 g/mol. The minimum absolute atomic E-state index is 0. The Balaban J connectivity index is -0.000000286. The van der Waals surface area contributed by atoms with Crippen molar-refractivity contribution in [3.8, 4) is 34.5 Å². The van der Waals surface area contributed by atoms with Crippen molar-refractivity contribution in [1.29, 1.82) is 0 Å². The maximum absolute atomic E-state index is 13.3. The number of ether oxygens (including phenoxy) is 8. The quantitative estimate of drug-likeness (QED) is 0.00568. The number of esters is 4. The summed E-state index contributed by atoms with van der Waals surface area (Å²) in [5, 5.41) is 66.9. The molecule has 1 unspecified atom stereocenters. The number of carbonyl (C=O) groups is 14. The maximum Gasteiger partial charge on any atom is 0.349 e. The molecule has 44 nitrogen and oxygen atoms in total. The van der Waals surface area contributed by atoms with Crippen LogP contribution >= 0.6 is 0 Å². The van der Waals surface area contributed by atoms with Gasteiger partial charge in [-0.25, -0.2) is 58.8 Å². The third kappa shape index (κ3) is 44.0. The van der Waals surface area contributed by atoms with Gasteiger partial charge in [0, 0.05) is 95.8 Å². The zero-order valence-corrected chi connectivity index (χ0v) is 75.9. The van der Waals surface area contributed by atoms with Crippen molar-refractivity contribution >= 4 is 136 Å². The van der Waals surface area contributed by atoms with Gasteiger partial charge in [0.15, 0.2) is 40.1 Å². The predicted molar refractivity (Wildman–Crippen MR) is 500 cm³/mol. The van der Waals surface area contributed by atoms with Crippen molar-refractivity contribution in [2.24, 2.45) is 17.2 Å². The number of amides is 4. The number of nitrogens with one attached hydrogen (secondary N) is 2. The van der Waals surface area contributed by atoms with Crippen LogP contribution in [-0.4, -0.2) is 233 Å². The number of imide groups is 1. The van der Waals surface area contributed by atoms with E-state index in [2.05, 4.69) is 20.1 Å². The Morgan fingerprint density at radius 1 is 0.474 bits per heavy atom.